The number of anilines is 1. The molecule has 0 atom stereocenters. The second-order valence-corrected chi connectivity index (χ2v) is 9.03. The van der Waals surface area contributed by atoms with Crippen LogP contribution in [0.1, 0.15) is 54.9 Å². The van der Waals surface area contributed by atoms with Crippen molar-refractivity contribution in [1.29, 1.82) is 0 Å². The fourth-order valence-electron chi connectivity index (χ4n) is 3.30. The van der Waals surface area contributed by atoms with E-state index in [0.717, 1.165) is 16.3 Å². The summed E-state index contributed by atoms with van der Waals surface area (Å²) in [6, 6.07) is 12.0. The van der Waals surface area contributed by atoms with Crippen molar-refractivity contribution in [3.05, 3.63) is 71.1 Å². The summed E-state index contributed by atoms with van der Waals surface area (Å²) in [5.74, 6) is -0.594. The van der Waals surface area contributed by atoms with Crippen molar-refractivity contribution in [3.63, 3.8) is 0 Å². The molecule has 6 nitrogen and oxygen atoms in total. The minimum atomic E-state index is -0.427. The molecular weight excluding hydrogens is 425 g/mol. The lowest BCUT2D eigenvalue weighted by atomic mass is 10.1. The molecule has 0 radical (unpaired) electrons. The van der Waals surface area contributed by atoms with Gasteiger partial charge in [0.2, 0.25) is 0 Å². The number of thiazole rings is 1. The lowest BCUT2D eigenvalue weighted by molar-refractivity contribution is 0.102. The third-order valence-electron chi connectivity index (χ3n) is 4.94. The van der Waals surface area contributed by atoms with Crippen molar-refractivity contribution in [2.24, 2.45) is 0 Å². The van der Waals surface area contributed by atoms with E-state index in [1.54, 1.807) is 35.3 Å². The highest BCUT2D eigenvalue weighted by Crippen LogP contribution is 2.36. The Morgan fingerprint density at radius 2 is 1.81 bits per heavy atom. The molecule has 8 heteroatoms. The Bertz CT molecular complexity index is 1250. The van der Waals surface area contributed by atoms with Crippen LogP contribution >= 0.6 is 11.3 Å². The van der Waals surface area contributed by atoms with Gasteiger partial charge in [0.25, 0.3) is 5.91 Å². The molecule has 0 saturated carbocycles. The lowest BCUT2D eigenvalue weighted by Crippen LogP contribution is -2.12. The van der Waals surface area contributed by atoms with Gasteiger partial charge in [-0.25, -0.2) is 9.37 Å². The van der Waals surface area contributed by atoms with E-state index in [0.29, 0.717) is 16.4 Å². The molecule has 164 valence electrons. The number of rotatable bonds is 6. The molecule has 3 aromatic heterocycles. The molecule has 0 spiro atoms. The predicted molar refractivity (Wildman–Crippen MR) is 125 cm³/mol. The molecule has 0 fully saturated rings. The zero-order valence-corrected chi connectivity index (χ0v) is 19.2. The fraction of sp³-hybridized carbons (Fsp3) is 0.250. The minimum Gasteiger partial charge on any atom is -0.298 e. The van der Waals surface area contributed by atoms with Crippen molar-refractivity contribution in [2.45, 2.75) is 39.7 Å². The summed E-state index contributed by atoms with van der Waals surface area (Å²) in [5.41, 5.74) is 2.40. The van der Waals surface area contributed by atoms with Crippen molar-refractivity contribution in [2.75, 3.05) is 5.32 Å². The standard InChI is InChI=1S/C24H24FN5OS/c1-14(2)22-21(19-11-7-8-12-26-19)27-24(32-22)28-23(31)17-13-30(15(3)4)29-20(17)16-9-5-6-10-18(16)25/h5-15H,1-4H3,(H,27,28,31). The molecule has 0 aliphatic heterocycles. The van der Waals surface area contributed by atoms with E-state index in [-0.39, 0.29) is 23.4 Å². The maximum atomic E-state index is 14.5. The summed E-state index contributed by atoms with van der Waals surface area (Å²) in [4.78, 5) is 23.3. The van der Waals surface area contributed by atoms with Gasteiger partial charge in [-0.05, 0) is 44.0 Å². The van der Waals surface area contributed by atoms with Gasteiger partial charge in [-0.15, -0.1) is 11.3 Å². The third kappa shape index (κ3) is 4.31. The average molecular weight is 450 g/mol. The molecule has 1 N–H and O–H groups in total. The molecule has 1 aromatic carbocycles. The van der Waals surface area contributed by atoms with Crippen LogP contribution in [0.25, 0.3) is 22.6 Å². The topological polar surface area (TPSA) is 72.7 Å². The maximum absolute atomic E-state index is 14.5. The van der Waals surface area contributed by atoms with Gasteiger partial charge in [-0.3, -0.25) is 19.8 Å². The van der Waals surface area contributed by atoms with Gasteiger partial charge in [0.05, 0.1) is 11.3 Å². The van der Waals surface area contributed by atoms with E-state index in [1.165, 1.54) is 17.4 Å². The molecule has 0 saturated heterocycles. The summed E-state index contributed by atoms with van der Waals surface area (Å²) >= 11 is 1.42. The highest BCUT2D eigenvalue weighted by Gasteiger charge is 2.23. The van der Waals surface area contributed by atoms with Crippen molar-refractivity contribution in [3.8, 4) is 22.6 Å². The molecule has 32 heavy (non-hydrogen) atoms. The fourth-order valence-corrected chi connectivity index (χ4v) is 4.27. The average Bonchev–Trinajstić information content (AvgIpc) is 3.40. The van der Waals surface area contributed by atoms with Gasteiger partial charge < -0.3 is 0 Å². The Morgan fingerprint density at radius 1 is 1.06 bits per heavy atom. The van der Waals surface area contributed by atoms with Crippen LogP contribution in [-0.4, -0.2) is 25.7 Å². The molecule has 0 aliphatic rings. The number of carbonyl (C=O) groups excluding carboxylic acids is 1. The summed E-state index contributed by atoms with van der Waals surface area (Å²) in [6.07, 6.45) is 3.37. The van der Waals surface area contributed by atoms with Gasteiger partial charge in [0.1, 0.15) is 17.2 Å². The van der Waals surface area contributed by atoms with E-state index in [9.17, 15) is 9.18 Å². The molecular formula is C24H24FN5OS. The van der Waals surface area contributed by atoms with Gasteiger partial charge in [0.15, 0.2) is 5.13 Å². The van der Waals surface area contributed by atoms with Crippen LogP contribution in [0.2, 0.25) is 0 Å². The van der Waals surface area contributed by atoms with Crippen LogP contribution in [0.4, 0.5) is 9.52 Å². The summed E-state index contributed by atoms with van der Waals surface area (Å²) in [7, 11) is 0. The highest BCUT2D eigenvalue weighted by molar-refractivity contribution is 7.16. The SMILES string of the molecule is CC(C)c1sc(NC(=O)c2cn(C(C)C)nc2-c2ccccc2F)nc1-c1ccccn1. The first-order chi connectivity index (χ1) is 15.3. The van der Waals surface area contributed by atoms with Gasteiger partial charge in [-0.2, -0.15) is 5.10 Å². The minimum absolute atomic E-state index is 0.0187. The summed E-state index contributed by atoms with van der Waals surface area (Å²) in [5, 5.41) is 7.85. The maximum Gasteiger partial charge on any atom is 0.261 e. The van der Waals surface area contributed by atoms with Crippen LogP contribution in [0.5, 0.6) is 0 Å². The number of pyridine rings is 1. The van der Waals surface area contributed by atoms with Crippen LogP contribution in [0.3, 0.4) is 0 Å². The van der Waals surface area contributed by atoms with E-state index in [2.05, 4.69) is 34.2 Å². The summed E-state index contributed by atoms with van der Waals surface area (Å²) in [6.45, 7) is 8.06. The van der Waals surface area contributed by atoms with E-state index >= 15 is 0 Å². The predicted octanol–water partition coefficient (Wildman–Crippen LogP) is 6.16. The van der Waals surface area contributed by atoms with Gasteiger partial charge >= 0.3 is 0 Å². The third-order valence-corrected chi connectivity index (χ3v) is 6.21. The number of amides is 1. The number of aromatic nitrogens is 4. The molecule has 4 rings (SSSR count). The second kappa shape index (κ2) is 9.00. The zero-order valence-electron chi connectivity index (χ0n) is 18.3. The first-order valence-electron chi connectivity index (χ1n) is 10.4. The molecule has 4 aromatic rings. The largest absolute Gasteiger partial charge is 0.298 e. The Morgan fingerprint density at radius 3 is 2.47 bits per heavy atom. The van der Waals surface area contributed by atoms with E-state index in [1.807, 2.05) is 32.0 Å². The normalized spacial score (nSPS) is 11.3. The highest BCUT2D eigenvalue weighted by atomic mass is 32.1. The Balaban J connectivity index is 1.72. The van der Waals surface area contributed by atoms with Gasteiger partial charge in [-0.1, -0.05) is 32.0 Å². The lowest BCUT2D eigenvalue weighted by Gasteiger charge is -2.04. The van der Waals surface area contributed by atoms with Crippen LogP contribution in [0, 0.1) is 5.82 Å². The van der Waals surface area contributed by atoms with Gasteiger partial charge in [0, 0.05) is 28.9 Å². The number of benzene rings is 1. The molecule has 1 amide bonds. The zero-order chi connectivity index (χ0) is 22.8. The molecule has 0 aliphatic carbocycles. The number of nitrogens with one attached hydrogen (secondary N) is 1. The summed E-state index contributed by atoms with van der Waals surface area (Å²) < 4.78 is 16.2. The number of halogens is 1. The number of hydrogen-bond donors (Lipinski definition) is 1. The number of hydrogen-bond acceptors (Lipinski definition) is 5. The quantitative estimate of drug-likeness (QED) is 0.382. The Labute approximate surface area is 190 Å². The van der Waals surface area contributed by atoms with Crippen molar-refractivity contribution in [1.82, 2.24) is 19.7 Å². The monoisotopic (exact) mass is 449 g/mol. The van der Waals surface area contributed by atoms with Crippen LogP contribution < -0.4 is 5.32 Å². The molecule has 0 unspecified atom stereocenters. The smallest absolute Gasteiger partial charge is 0.261 e. The van der Waals surface area contributed by atoms with Crippen molar-refractivity contribution < 1.29 is 9.18 Å². The van der Waals surface area contributed by atoms with Crippen LogP contribution in [-0.2, 0) is 0 Å². The van der Waals surface area contributed by atoms with E-state index < -0.39 is 5.82 Å². The molecule has 3 heterocycles. The van der Waals surface area contributed by atoms with Crippen LogP contribution in [0.15, 0.2) is 54.9 Å². The first-order valence-corrected chi connectivity index (χ1v) is 11.2. The Kier molecular flexibility index (Phi) is 6.14. The number of carbonyl (C=O) groups is 1. The van der Waals surface area contributed by atoms with E-state index in [4.69, 9.17) is 0 Å². The Hall–Kier alpha value is -3.39. The van der Waals surface area contributed by atoms with Crippen molar-refractivity contribution >= 4 is 22.4 Å². The first kappa shape index (κ1) is 21.8. The molecule has 0 bridgehead atoms. The number of nitrogens with zero attached hydrogens (tertiary/aromatic N) is 4. The second-order valence-electron chi connectivity index (χ2n) is 8.00.